The summed E-state index contributed by atoms with van der Waals surface area (Å²) >= 11 is 6.61. The topological polar surface area (TPSA) is 102 Å². The molecule has 0 unspecified atom stereocenters. The van der Waals surface area contributed by atoms with E-state index in [2.05, 4.69) is 32.3 Å². The Bertz CT molecular complexity index is 1420. The zero-order valence-electron chi connectivity index (χ0n) is 21.4. The van der Waals surface area contributed by atoms with Crippen LogP contribution in [0.25, 0.3) is 22.4 Å². The van der Waals surface area contributed by atoms with Crippen LogP contribution >= 0.6 is 11.6 Å². The summed E-state index contributed by atoms with van der Waals surface area (Å²) in [5, 5.41) is 3.37. The minimum absolute atomic E-state index is 0.174. The molecule has 2 aromatic carbocycles. The molecule has 1 fully saturated rings. The molecule has 1 amide bonds. The summed E-state index contributed by atoms with van der Waals surface area (Å²) in [6.45, 7) is 6.10. The molecule has 1 saturated heterocycles. The molecule has 0 atom stereocenters. The number of pyridine rings is 1. The van der Waals surface area contributed by atoms with E-state index in [-0.39, 0.29) is 11.9 Å². The summed E-state index contributed by atoms with van der Waals surface area (Å²) < 4.78 is 16.4. The van der Waals surface area contributed by atoms with Crippen molar-refractivity contribution in [2.24, 2.45) is 0 Å². The van der Waals surface area contributed by atoms with Gasteiger partial charge < -0.3 is 29.4 Å². The Morgan fingerprint density at radius 2 is 1.92 bits per heavy atom. The monoisotopic (exact) mass is 535 g/mol. The zero-order valence-corrected chi connectivity index (χ0v) is 22.2. The molecule has 4 aromatic rings. The van der Waals surface area contributed by atoms with Crippen molar-refractivity contribution in [3.8, 4) is 23.0 Å². The van der Waals surface area contributed by atoms with Crippen LogP contribution in [0.15, 0.2) is 48.5 Å². The highest BCUT2D eigenvalue weighted by atomic mass is 35.5. The normalized spacial score (nSPS) is 13.6. The number of anilines is 1. The molecule has 0 radical (unpaired) electrons. The van der Waals surface area contributed by atoms with E-state index in [1.54, 1.807) is 19.2 Å². The molecule has 1 aliphatic heterocycles. The van der Waals surface area contributed by atoms with Gasteiger partial charge in [0.2, 0.25) is 0 Å². The van der Waals surface area contributed by atoms with Crippen molar-refractivity contribution in [2.45, 2.75) is 13.3 Å². The predicted octanol–water partition coefficient (Wildman–Crippen LogP) is 4.85. The van der Waals surface area contributed by atoms with E-state index in [1.165, 1.54) is 0 Å². The largest absolute Gasteiger partial charge is 0.426 e. The average molecular weight is 536 g/mol. The van der Waals surface area contributed by atoms with Gasteiger partial charge in [-0.05, 0) is 42.3 Å². The van der Waals surface area contributed by atoms with Crippen LogP contribution in [-0.2, 0) is 15.9 Å². The predicted molar refractivity (Wildman–Crippen MR) is 147 cm³/mol. The summed E-state index contributed by atoms with van der Waals surface area (Å²) in [5.41, 5.74) is 5.31. The number of imidazole rings is 1. The highest BCUT2D eigenvalue weighted by molar-refractivity contribution is 6.33. The number of nitrogens with zero attached hydrogens (tertiary/aromatic N) is 3. The maximum absolute atomic E-state index is 12.7. The first-order valence-corrected chi connectivity index (χ1v) is 13.0. The van der Waals surface area contributed by atoms with Crippen LogP contribution in [0.2, 0.25) is 5.02 Å². The molecule has 10 heteroatoms. The fourth-order valence-corrected chi connectivity index (χ4v) is 4.67. The van der Waals surface area contributed by atoms with Gasteiger partial charge in [-0.15, -0.1) is 0 Å². The fourth-order valence-electron chi connectivity index (χ4n) is 4.41. The van der Waals surface area contributed by atoms with E-state index < -0.39 is 0 Å². The van der Waals surface area contributed by atoms with Crippen molar-refractivity contribution in [3.63, 3.8) is 0 Å². The van der Waals surface area contributed by atoms with Crippen LogP contribution < -0.4 is 15.0 Å². The van der Waals surface area contributed by atoms with Crippen LogP contribution in [0.5, 0.6) is 11.8 Å². The Kier molecular flexibility index (Phi) is 8.07. The summed E-state index contributed by atoms with van der Waals surface area (Å²) in [6.07, 6.45) is 0.719. The molecule has 2 aromatic heterocycles. The van der Waals surface area contributed by atoms with Gasteiger partial charge >= 0.3 is 6.01 Å². The lowest BCUT2D eigenvalue weighted by Crippen LogP contribution is -2.36. The van der Waals surface area contributed by atoms with Gasteiger partial charge in [0.25, 0.3) is 5.91 Å². The van der Waals surface area contributed by atoms with Crippen molar-refractivity contribution < 1.29 is 19.0 Å². The number of benzene rings is 2. The van der Waals surface area contributed by atoms with Gasteiger partial charge in [-0.3, -0.25) is 4.79 Å². The third kappa shape index (κ3) is 5.75. The second-order valence-corrected chi connectivity index (χ2v) is 9.31. The summed E-state index contributed by atoms with van der Waals surface area (Å²) in [7, 11) is 1.60. The number of aromatic nitrogens is 3. The van der Waals surface area contributed by atoms with Gasteiger partial charge in [0.1, 0.15) is 5.75 Å². The van der Waals surface area contributed by atoms with E-state index in [0.29, 0.717) is 46.3 Å². The highest BCUT2D eigenvalue weighted by Gasteiger charge is 2.16. The third-order valence-electron chi connectivity index (χ3n) is 6.44. The van der Waals surface area contributed by atoms with Crippen molar-refractivity contribution in [1.29, 1.82) is 0 Å². The second-order valence-electron chi connectivity index (χ2n) is 8.90. The van der Waals surface area contributed by atoms with Crippen molar-refractivity contribution >= 4 is 34.4 Å². The van der Waals surface area contributed by atoms with E-state index in [9.17, 15) is 4.79 Å². The molecule has 1 aliphatic rings. The minimum Gasteiger partial charge on any atom is -0.426 e. The lowest BCUT2D eigenvalue weighted by molar-refractivity contribution is 0.0936. The smallest absolute Gasteiger partial charge is 0.301 e. The van der Waals surface area contributed by atoms with Gasteiger partial charge in [-0.1, -0.05) is 36.7 Å². The first-order chi connectivity index (χ1) is 18.6. The molecule has 0 bridgehead atoms. The second kappa shape index (κ2) is 11.8. The molecule has 198 valence electrons. The molecule has 0 aliphatic carbocycles. The number of carbonyl (C=O) groups is 1. The quantitative estimate of drug-likeness (QED) is 0.295. The Balaban J connectivity index is 1.36. The number of H-pyrrole nitrogens is 1. The van der Waals surface area contributed by atoms with Gasteiger partial charge in [0, 0.05) is 43.6 Å². The van der Waals surface area contributed by atoms with Crippen LogP contribution in [0, 0.1) is 0 Å². The molecule has 2 N–H and O–H groups in total. The van der Waals surface area contributed by atoms with Gasteiger partial charge in [-0.25, -0.2) is 4.98 Å². The van der Waals surface area contributed by atoms with Crippen molar-refractivity contribution in [2.75, 3.05) is 51.5 Å². The summed E-state index contributed by atoms with van der Waals surface area (Å²) in [4.78, 5) is 27.3. The zero-order chi connectivity index (χ0) is 26.5. The van der Waals surface area contributed by atoms with Crippen LogP contribution in [0.1, 0.15) is 22.8 Å². The Labute approximate surface area is 226 Å². The third-order valence-corrected chi connectivity index (χ3v) is 6.72. The van der Waals surface area contributed by atoms with E-state index in [0.717, 1.165) is 49.5 Å². The molecular formula is C28H30ClN5O4. The number of hydrogen-bond acceptors (Lipinski definition) is 7. The Morgan fingerprint density at radius 1 is 1.13 bits per heavy atom. The van der Waals surface area contributed by atoms with Crippen molar-refractivity contribution in [3.05, 3.63) is 64.7 Å². The number of morpholine rings is 1. The highest BCUT2D eigenvalue weighted by Crippen LogP contribution is 2.32. The number of hydrogen-bond donors (Lipinski definition) is 2. The number of ether oxygens (including phenoxy) is 3. The first-order valence-electron chi connectivity index (χ1n) is 12.6. The average Bonchev–Trinajstić information content (AvgIpc) is 3.34. The molecule has 0 saturated carbocycles. The summed E-state index contributed by atoms with van der Waals surface area (Å²) in [5.74, 6) is 0.315. The van der Waals surface area contributed by atoms with Crippen LogP contribution in [-0.4, -0.2) is 67.4 Å². The number of nitrogens with one attached hydrogen (secondary N) is 2. The van der Waals surface area contributed by atoms with E-state index in [4.69, 9.17) is 30.8 Å². The number of amides is 1. The number of carbonyl (C=O) groups excluding carboxylic acids is 1. The lowest BCUT2D eigenvalue weighted by atomic mass is 10.0. The maximum Gasteiger partial charge on any atom is 0.301 e. The Morgan fingerprint density at radius 3 is 2.66 bits per heavy atom. The molecular weight excluding hydrogens is 506 g/mol. The van der Waals surface area contributed by atoms with Gasteiger partial charge in [0.15, 0.2) is 5.65 Å². The van der Waals surface area contributed by atoms with Crippen LogP contribution in [0.3, 0.4) is 0 Å². The molecule has 38 heavy (non-hydrogen) atoms. The summed E-state index contributed by atoms with van der Waals surface area (Å²) in [6, 6.07) is 15.7. The first kappa shape index (κ1) is 26.0. The molecule has 9 nitrogen and oxygen atoms in total. The number of methoxy groups -OCH3 is 1. The lowest BCUT2D eigenvalue weighted by Gasteiger charge is -2.28. The molecule has 3 heterocycles. The molecule has 5 rings (SSSR count). The number of aryl methyl sites for hydroxylation is 1. The van der Waals surface area contributed by atoms with E-state index in [1.807, 2.05) is 31.2 Å². The number of aromatic amines is 1. The van der Waals surface area contributed by atoms with Crippen molar-refractivity contribution in [1.82, 2.24) is 20.3 Å². The SMILES string of the molecule is CCc1ccc(Oc2nc3nc(-c4ccc(N5CCOCC5)cc4)c(Cl)cc3[nH]2)cc1C(=O)NCCOC. The van der Waals surface area contributed by atoms with E-state index >= 15 is 0 Å². The standard InChI is InChI=1S/C28H30ClN5O4/c1-3-18-6-9-21(16-22(18)27(35)30-10-13-36-2)38-28-31-24-17-23(29)25(32-26(24)33-28)19-4-7-20(8-5-19)34-11-14-37-15-12-34/h4-9,16-17H,3,10-15H2,1-2H3,(H,30,35)(H,31,32,33). The number of fused-ring (bicyclic) bond motifs is 1. The molecule has 0 spiro atoms. The minimum atomic E-state index is -0.174. The fraction of sp³-hybridized carbons (Fsp3) is 0.321. The van der Waals surface area contributed by atoms with Gasteiger partial charge in [0.05, 0.1) is 36.1 Å². The van der Waals surface area contributed by atoms with Gasteiger partial charge in [-0.2, -0.15) is 4.98 Å². The van der Waals surface area contributed by atoms with Crippen LogP contribution in [0.4, 0.5) is 5.69 Å². The maximum atomic E-state index is 12.7. The Hall–Kier alpha value is -3.66. The number of halogens is 1. The number of rotatable bonds is 9.